The zero-order valence-corrected chi connectivity index (χ0v) is 11.7. The summed E-state index contributed by atoms with van der Waals surface area (Å²) in [6, 6.07) is 4.67. The highest BCUT2D eigenvalue weighted by Crippen LogP contribution is 2.06. The maximum absolute atomic E-state index is 5.02. The van der Waals surface area contributed by atoms with Crippen LogP contribution in [0, 0.1) is 0 Å². The molecule has 1 N–H and O–H groups in total. The molecule has 0 aromatic carbocycles. The summed E-state index contributed by atoms with van der Waals surface area (Å²) in [5.41, 5.74) is 1.32. The number of aromatic nitrogens is 1. The predicted octanol–water partition coefficient (Wildman–Crippen LogP) is 1.53. The second-order valence-corrected chi connectivity index (χ2v) is 4.46. The summed E-state index contributed by atoms with van der Waals surface area (Å²) in [7, 11) is 1.73. The molecule has 0 aliphatic heterocycles. The Kier molecular flexibility index (Phi) is 7.57. The minimum Gasteiger partial charge on any atom is -0.383 e. The molecule has 0 spiro atoms. The number of nitrogens with zero attached hydrogens (tertiary/aromatic N) is 2. The monoisotopic (exact) mass is 251 g/mol. The molecule has 0 amide bonds. The van der Waals surface area contributed by atoms with Crippen LogP contribution >= 0.6 is 0 Å². The van der Waals surface area contributed by atoms with E-state index in [4.69, 9.17) is 4.74 Å². The van der Waals surface area contributed by atoms with Gasteiger partial charge >= 0.3 is 0 Å². The maximum atomic E-state index is 5.02. The Balaban J connectivity index is 2.35. The van der Waals surface area contributed by atoms with Gasteiger partial charge in [-0.1, -0.05) is 6.92 Å². The van der Waals surface area contributed by atoms with Crippen molar-refractivity contribution < 1.29 is 4.74 Å². The van der Waals surface area contributed by atoms with E-state index in [0.717, 1.165) is 32.8 Å². The Hall–Kier alpha value is -0.970. The van der Waals surface area contributed by atoms with Crippen LogP contribution in [0.5, 0.6) is 0 Å². The number of nitrogens with one attached hydrogen (secondary N) is 1. The molecule has 0 aliphatic carbocycles. The Bertz CT molecular complexity index is 305. The molecule has 4 nitrogen and oxygen atoms in total. The van der Waals surface area contributed by atoms with Crippen molar-refractivity contribution in [2.45, 2.75) is 26.4 Å². The Morgan fingerprint density at radius 1 is 1.39 bits per heavy atom. The van der Waals surface area contributed by atoms with Crippen LogP contribution < -0.4 is 5.32 Å². The van der Waals surface area contributed by atoms with Crippen molar-refractivity contribution in [3.8, 4) is 0 Å². The van der Waals surface area contributed by atoms with Crippen LogP contribution in [0.25, 0.3) is 0 Å². The molecule has 0 aliphatic rings. The van der Waals surface area contributed by atoms with Crippen LogP contribution in [0.4, 0.5) is 0 Å². The number of likely N-dealkylation sites (N-methyl/N-ethyl adjacent to an activating group) is 1. The Morgan fingerprint density at radius 2 is 2.11 bits per heavy atom. The zero-order valence-electron chi connectivity index (χ0n) is 11.7. The van der Waals surface area contributed by atoms with E-state index < -0.39 is 0 Å². The maximum Gasteiger partial charge on any atom is 0.0587 e. The van der Waals surface area contributed by atoms with Gasteiger partial charge in [0.2, 0.25) is 0 Å². The van der Waals surface area contributed by atoms with E-state index in [9.17, 15) is 0 Å². The van der Waals surface area contributed by atoms with Gasteiger partial charge in [0.05, 0.1) is 6.61 Å². The highest BCUT2D eigenvalue weighted by atomic mass is 16.5. The molecule has 102 valence electrons. The van der Waals surface area contributed by atoms with E-state index in [1.807, 2.05) is 12.4 Å². The van der Waals surface area contributed by atoms with Gasteiger partial charge in [-0.05, 0) is 31.2 Å². The second-order valence-electron chi connectivity index (χ2n) is 4.46. The molecular weight excluding hydrogens is 226 g/mol. The zero-order chi connectivity index (χ0) is 13.2. The summed E-state index contributed by atoms with van der Waals surface area (Å²) in [5.74, 6) is 0. The third-order valence-electron chi connectivity index (χ3n) is 3.09. The standard InChI is InChI=1S/C14H25N3O/c1-4-17(12-14-5-7-15-8-6-14)13(2)11-16-9-10-18-3/h5-8,13,16H,4,9-12H2,1-3H3. The molecule has 18 heavy (non-hydrogen) atoms. The van der Waals surface area contributed by atoms with Crippen LogP contribution in [-0.4, -0.2) is 49.3 Å². The summed E-state index contributed by atoms with van der Waals surface area (Å²) < 4.78 is 5.02. The van der Waals surface area contributed by atoms with Crippen LogP contribution in [0.15, 0.2) is 24.5 Å². The largest absolute Gasteiger partial charge is 0.383 e. The van der Waals surface area contributed by atoms with Crippen molar-refractivity contribution in [3.63, 3.8) is 0 Å². The van der Waals surface area contributed by atoms with E-state index in [-0.39, 0.29) is 0 Å². The molecule has 1 heterocycles. The topological polar surface area (TPSA) is 37.4 Å². The number of hydrogen-bond acceptors (Lipinski definition) is 4. The third-order valence-corrected chi connectivity index (χ3v) is 3.09. The molecule has 0 bridgehead atoms. The fourth-order valence-electron chi connectivity index (χ4n) is 1.92. The van der Waals surface area contributed by atoms with Gasteiger partial charge in [0, 0.05) is 45.2 Å². The van der Waals surface area contributed by atoms with Crippen molar-refractivity contribution in [1.29, 1.82) is 0 Å². The Morgan fingerprint density at radius 3 is 2.72 bits per heavy atom. The van der Waals surface area contributed by atoms with Gasteiger partial charge in [0.25, 0.3) is 0 Å². The summed E-state index contributed by atoms with van der Waals surface area (Å²) in [5, 5.41) is 3.41. The van der Waals surface area contributed by atoms with Gasteiger partial charge in [-0.25, -0.2) is 0 Å². The van der Waals surface area contributed by atoms with Crippen LogP contribution in [0.2, 0.25) is 0 Å². The van der Waals surface area contributed by atoms with E-state index in [1.165, 1.54) is 5.56 Å². The molecule has 1 aromatic heterocycles. The summed E-state index contributed by atoms with van der Waals surface area (Å²) in [6.45, 7) is 9.15. The number of rotatable bonds is 9. The first-order valence-electron chi connectivity index (χ1n) is 6.60. The minimum absolute atomic E-state index is 0.514. The summed E-state index contributed by atoms with van der Waals surface area (Å²) >= 11 is 0. The van der Waals surface area contributed by atoms with Crippen molar-refractivity contribution in [2.24, 2.45) is 0 Å². The fraction of sp³-hybridized carbons (Fsp3) is 0.643. The van der Waals surface area contributed by atoms with E-state index >= 15 is 0 Å². The van der Waals surface area contributed by atoms with Crippen LogP contribution in [0.1, 0.15) is 19.4 Å². The van der Waals surface area contributed by atoms with Gasteiger partial charge in [-0.2, -0.15) is 0 Å². The highest BCUT2D eigenvalue weighted by molar-refractivity contribution is 5.09. The average molecular weight is 251 g/mol. The number of hydrogen-bond donors (Lipinski definition) is 1. The number of methoxy groups -OCH3 is 1. The molecule has 4 heteroatoms. The molecule has 0 saturated heterocycles. The minimum atomic E-state index is 0.514. The third kappa shape index (κ3) is 5.58. The first kappa shape index (κ1) is 15.1. The van der Waals surface area contributed by atoms with Crippen molar-refractivity contribution in [2.75, 3.05) is 33.4 Å². The highest BCUT2D eigenvalue weighted by Gasteiger charge is 2.11. The molecule has 1 atom stereocenters. The lowest BCUT2D eigenvalue weighted by Gasteiger charge is -2.28. The van der Waals surface area contributed by atoms with Gasteiger partial charge in [0.15, 0.2) is 0 Å². The summed E-state index contributed by atoms with van der Waals surface area (Å²) in [6.07, 6.45) is 3.70. The lowest BCUT2D eigenvalue weighted by molar-refractivity contribution is 0.182. The van der Waals surface area contributed by atoms with E-state index in [2.05, 4.69) is 41.2 Å². The van der Waals surface area contributed by atoms with Gasteiger partial charge in [-0.15, -0.1) is 0 Å². The Labute approximate surface area is 110 Å². The predicted molar refractivity (Wildman–Crippen MR) is 74.5 cm³/mol. The van der Waals surface area contributed by atoms with Crippen LogP contribution in [0.3, 0.4) is 0 Å². The number of ether oxygens (including phenoxy) is 1. The normalized spacial score (nSPS) is 12.9. The van der Waals surface area contributed by atoms with Crippen molar-refractivity contribution in [3.05, 3.63) is 30.1 Å². The van der Waals surface area contributed by atoms with E-state index in [1.54, 1.807) is 7.11 Å². The van der Waals surface area contributed by atoms with Crippen molar-refractivity contribution in [1.82, 2.24) is 15.2 Å². The van der Waals surface area contributed by atoms with Gasteiger partial charge in [0.1, 0.15) is 0 Å². The van der Waals surface area contributed by atoms with Gasteiger partial charge < -0.3 is 10.1 Å². The molecular formula is C14H25N3O. The smallest absolute Gasteiger partial charge is 0.0587 e. The lowest BCUT2D eigenvalue weighted by Crippen LogP contribution is -2.40. The molecule has 1 rings (SSSR count). The molecule has 0 saturated carbocycles. The second kappa shape index (κ2) is 9.03. The van der Waals surface area contributed by atoms with Crippen molar-refractivity contribution >= 4 is 0 Å². The van der Waals surface area contributed by atoms with Gasteiger partial charge in [-0.3, -0.25) is 9.88 Å². The SMILES string of the molecule is CCN(Cc1ccncc1)C(C)CNCCOC. The first-order valence-corrected chi connectivity index (χ1v) is 6.60. The molecule has 0 fully saturated rings. The molecule has 0 radical (unpaired) electrons. The van der Waals surface area contributed by atoms with E-state index in [0.29, 0.717) is 6.04 Å². The number of pyridine rings is 1. The summed E-state index contributed by atoms with van der Waals surface area (Å²) in [4.78, 5) is 6.50. The molecule has 1 aromatic rings. The quantitative estimate of drug-likeness (QED) is 0.675. The average Bonchev–Trinajstić information content (AvgIpc) is 2.42. The first-order chi connectivity index (χ1) is 8.77. The molecule has 1 unspecified atom stereocenters. The lowest BCUT2D eigenvalue weighted by atomic mass is 10.2. The fourth-order valence-corrected chi connectivity index (χ4v) is 1.92. The van der Waals surface area contributed by atoms with Crippen LogP contribution in [-0.2, 0) is 11.3 Å².